The summed E-state index contributed by atoms with van der Waals surface area (Å²) < 4.78 is 6.11. The van der Waals surface area contributed by atoms with E-state index in [2.05, 4.69) is 36.5 Å². The molecule has 0 spiro atoms. The van der Waals surface area contributed by atoms with Crippen molar-refractivity contribution in [3.8, 4) is 0 Å². The first-order valence-corrected chi connectivity index (χ1v) is 8.58. The van der Waals surface area contributed by atoms with E-state index in [1.54, 1.807) is 0 Å². The van der Waals surface area contributed by atoms with Gasteiger partial charge in [-0.05, 0) is 37.4 Å². The van der Waals surface area contributed by atoms with Crippen molar-refractivity contribution < 1.29 is 4.42 Å². The predicted octanol–water partition coefficient (Wildman–Crippen LogP) is 5.44. The minimum atomic E-state index is 0.375. The van der Waals surface area contributed by atoms with Crippen LogP contribution < -0.4 is 5.32 Å². The van der Waals surface area contributed by atoms with Gasteiger partial charge < -0.3 is 9.73 Å². The van der Waals surface area contributed by atoms with Crippen molar-refractivity contribution in [1.82, 2.24) is 5.32 Å². The molecule has 3 rings (SSSR count). The third kappa shape index (κ3) is 3.68. The Kier molecular flexibility index (Phi) is 4.97. The van der Waals surface area contributed by atoms with Crippen LogP contribution in [0.4, 0.5) is 0 Å². The number of para-hydroxylation sites is 1. The van der Waals surface area contributed by atoms with E-state index >= 15 is 0 Å². The lowest BCUT2D eigenvalue weighted by Crippen LogP contribution is -2.25. The molecule has 1 atom stereocenters. The van der Waals surface area contributed by atoms with Crippen LogP contribution in [0.2, 0.25) is 0 Å². The average molecular weight is 285 g/mol. The number of fused-ring (bicyclic) bond motifs is 1. The van der Waals surface area contributed by atoms with Crippen LogP contribution in [-0.2, 0) is 0 Å². The van der Waals surface area contributed by atoms with Gasteiger partial charge >= 0.3 is 0 Å². The van der Waals surface area contributed by atoms with Gasteiger partial charge in [-0.25, -0.2) is 0 Å². The highest BCUT2D eigenvalue weighted by Gasteiger charge is 2.22. The zero-order valence-electron chi connectivity index (χ0n) is 13.1. The first-order chi connectivity index (χ1) is 10.4. The number of hydrogen-bond donors (Lipinski definition) is 1. The van der Waals surface area contributed by atoms with Gasteiger partial charge in [0.15, 0.2) is 0 Å². The Morgan fingerprint density at radius 2 is 2.00 bits per heavy atom. The lowest BCUT2D eigenvalue weighted by Gasteiger charge is -2.26. The molecule has 1 aliphatic rings. The highest BCUT2D eigenvalue weighted by Crippen LogP contribution is 2.33. The maximum atomic E-state index is 6.11. The van der Waals surface area contributed by atoms with Gasteiger partial charge in [0.2, 0.25) is 0 Å². The van der Waals surface area contributed by atoms with Crippen LogP contribution in [0.1, 0.15) is 63.7 Å². The second-order valence-electron chi connectivity index (χ2n) is 6.43. The topological polar surface area (TPSA) is 25.2 Å². The second-order valence-corrected chi connectivity index (χ2v) is 6.43. The summed E-state index contributed by atoms with van der Waals surface area (Å²) in [6.45, 7) is 3.29. The third-order valence-corrected chi connectivity index (χ3v) is 4.72. The molecule has 2 nitrogen and oxygen atoms in total. The van der Waals surface area contributed by atoms with E-state index in [0.29, 0.717) is 6.04 Å². The molecule has 2 aromatic rings. The van der Waals surface area contributed by atoms with Crippen molar-refractivity contribution in [3.05, 3.63) is 36.1 Å². The van der Waals surface area contributed by atoms with Gasteiger partial charge in [0, 0.05) is 5.39 Å². The van der Waals surface area contributed by atoms with Gasteiger partial charge in [-0.1, -0.05) is 57.2 Å². The van der Waals surface area contributed by atoms with E-state index in [1.807, 2.05) is 6.07 Å². The van der Waals surface area contributed by atoms with Crippen LogP contribution in [0.25, 0.3) is 11.0 Å². The largest absolute Gasteiger partial charge is 0.459 e. The molecule has 1 fully saturated rings. The maximum Gasteiger partial charge on any atom is 0.134 e. The quantitative estimate of drug-likeness (QED) is 0.764. The molecular weight excluding hydrogens is 258 g/mol. The van der Waals surface area contributed by atoms with E-state index < -0.39 is 0 Å². The highest BCUT2D eigenvalue weighted by molar-refractivity contribution is 5.77. The Morgan fingerprint density at radius 3 is 2.76 bits per heavy atom. The first kappa shape index (κ1) is 14.6. The molecule has 0 amide bonds. The van der Waals surface area contributed by atoms with Crippen LogP contribution in [0.3, 0.4) is 0 Å². The van der Waals surface area contributed by atoms with Crippen LogP contribution >= 0.6 is 0 Å². The lowest BCUT2D eigenvalue weighted by atomic mass is 9.84. The van der Waals surface area contributed by atoms with Gasteiger partial charge in [-0.15, -0.1) is 0 Å². The number of rotatable bonds is 6. The van der Waals surface area contributed by atoms with E-state index in [0.717, 1.165) is 23.8 Å². The number of furan rings is 1. The SMILES string of the molecule is CCCNC(CC1CCCCC1)c1cc2ccccc2o1. The molecule has 1 unspecified atom stereocenters. The smallest absolute Gasteiger partial charge is 0.134 e. The summed E-state index contributed by atoms with van der Waals surface area (Å²) in [5.74, 6) is 1.98. The zero-order valence-corrected chi connectivity index (χ0v) is 13.1. The van der Waals surface area contributed by atoms with Crippen molar-refractivity contribution in [2.45, 2.75) is 57.9 Å². The Bertz CT molecular complexity index is 520. The summed E-state index contributed by atoms with van der Waals surface area (Å²) in [6, 6.07) is 10.9. The fourth-order valence-electron chi connectivity index (χ4n) is 3.55. The summed E-state index contributed by atoms with van der Waals surface area (Å²) >= 11 is 0. The molecule has 1 saturated carbocycles. The number of benzene rings is 1. The maximum absolute atomic E-state index is 6.11. The highest BCUT2D eigenvalue weighted by atomic mass is 16.3. The Balaban J connectivity index is 1.76. The molecule has 1 heterocycles. The molecule has 0 radical (unpaired) electrons. The minimum absolute atomic E-state index is 0.375. The number of hydrogen-bond acceptors (Lipinski definition) is 2. The summed E-state index contributed by atoms with van der Waals surface area (Å²) in [5, 5.41) is 4.92. The predicted molar refractivity (Wildman–Crippen MR) is 88.4 cm³/mol. The summed E-state index contributed by atoms with van der Waals surface area (Å²) in [5.41, 5.74) is 1.01. The normalized spacial score (nSPS) is 18.1. The molecule has 114 valence electrons. The van der Waals surface area contributed by atoms with Crippen LogP contribution in [-0.4, -0.2) is 6.54 Å². The fourth-order valence-corrected chi connectivity index (χ4v) is 3.55. The van der Waals surface area contributed by atoms with Gasteiger partial charge in [0.25, 0.3) is 0 Å². The molecule has 0 saturated heterocycles. The summed E-state index contributed by atoms with van der Waals surface area (Å²) in [6.07, 6.45) is 9.42. The Labute approximate surface area is 127 Å². The van der Waals surface area contributed by atoms with Crippen molar-refractivity contribution >= 4 is 11.0 Å². The van der Waals surface area contributed by atoms with Gasteiger partial charge in [0.1, 0.15) is 11.3 Å². The monoisotopic (exact) mass is 285 g/mol. The van der Waals surface area contributed by atoms with E-state index in [1.165, 1.54) is 50.3 Å². The van der Waals surface area contributed by atoms with Gasteiger partial charge in [-0.2, -0.15) is 0 Å². The number of nitrogens with one attached hydrogen (secondary N) is 1. The molecule has 0 aliphatic heterocycles. The van der Waals surface area contributed by atoms with Crippen molar-refractivity contribution in [2.75, 3.05) is 6.54 Å². The van der Waals surface area contributed by atoms with Crippen molar-refractivity contribution in [2.24, 2.45) is 5.92 Å². The molecule has 1 aromatic heterocycles. The van der Waals surface area contributed by atoms with E-state index in [9.17, 15) is 0 Å². The fraction of sp³-hybridized carbons (Fsp3) is 0.579. The first-order valence-electron chi connectivity index (χ1n) is 8.58. The Hall–Kier alpha value is -1.28. The third-order valence-electron chi connectivity index (χ3n) is 4.72. The Morgan fingerprint density at radius 1 is 1.19 bits per heavy atom. The zero-order chi connectivity index (χ0) is 14.5. The van der Waals surface area contributed by atoms with Gasteiger partial charge in [0.05, 0.1) is 6.04 Å². The van der Waals surface area contributed by atoms with E-state index in [-0.39, 0.29) is 0 Å². The minimum Gasteiger partial charge on any atom is -0.459 e. The molecule has 1 N–H and O–H groups in total. The molecule has 0 bridgehead atoms. The summed E-state index contributed by atoms with van der Waals surface area (Å²) in [7, 11) is 0. The molecule has 1 aliphatic carbocycles. The molecular formula is C19H27NO. The molecule has 2 heteroatoms. The van der Waals surface area contributed by atoms with Crippen LogP contribution in [0.5, 0.6) is 0 Å². The standard InChI is InChI=1S/C19H27NO/c1-2-12-20-17(13-15-8-4-3-5-9-15)19-14-16-10-6-7-11-18(16)21-19/h6-7,10-11,14-15,17,20H,2-5,8-9,12-13H2,1H3. The lowest BCUT2D eigenvalue weighted by molar-refractivity contribution is 0.283. The van der Waals surface area contributed by atoms with Crippen molar-refractivity contribution in [1.29, 1.82) is 0 Å². The average Bonchev–Trinajstić information content (AvgIpc) is 2.96. The van der Waals surface area contributed by atoms with E-state index in [4.69, 9.17) is 4.42 Å². The van der Waals surface area contributed by atoms with Crippen molar-refractivity contribution in [3.63, 3.8) is 0 Å². The second kappa shape index (κ2) is 7.13. The van der Waals surface area contributed by atoms with Crippen LogP contribution in [0.15, 0.2) is 34.7 Å². The van der Waals surface area contributed by atoms with Crippen LogP contribution in [0, 0.1) is 5.92 Å². The van der Waals surface area contributed by atoms with Gasteiger partial charge in [-0.3, -0.25) is 0 Å². The molecule has 21 heavy (non-hydrogen) atoms. The molecule has 1 aromatic carbocycles. The summed E-state index contributed by atoms with van der Waals surface area (Å²) in [4.78, 5) is 0.